The Kier molecular flexibility index (Phi) is 8.99. The number of imidazole rings is 1. The highest BCUT2D eigenvalue weighted by atomic mass is 35.5. The van der Waals surface area contributed by atoms with Gasteiger partial charge in [0.15, 0.2) is 23.2 Å². The number of aliphatic hydroxyl groups excluding tert-OH is 1. The number of fused-ring (bicyclic) bond motifs is 1. The Morgan fingerprint density at radius 3 is 2.66 bits per heavy atom. The molecule has 2 aromatic heterocycles. The number of rotatable bonds is 12. The van der Waals surface area contributed by atoms with Crippen molar-refractivity contribution in [3.05, 3.63) is 36.7 Å². The summed E-state index contributed by atoms with van der Waals surface area (Å²) in [6.07, 6.45) is -8.84. The monoisotopic (exact) mass is 663 g/mol. The summed E-state index contributed by atoms with van der Waals surface area (Å²) in [6.45, 7) is 2.03. The van der Waals surface area contributed by atoms with Crippen LogP contribution in [0.15, 0.2) is 36.7 Å². The van der Waals surface area contributed by atoms with Crippen molar-refractivity contribution in [2.45, 2.75) is 68.3 Å². The minimum absolute atomic E-state index is 0.0337. The first-order valence-corrected chi connectivity index (χ1v) is 15.5. The van der Waals surface area contributed by atoms with Gasteiger partial charge in [-0.25, -0.2) is 9.55 Å². The number of nitrogens with zero attached hydrogens (tertiary/aromatic N) is 4. The normalized spacial score (nSPS) is 25.8. The van der Waals surface area contributed by atoms with Gasteiger partial charge >= 0.3 is 19.9 Å². The molecule has 1 saturated heterocycles. The molecule has 5 rings (SSSR count). The predicted molar refractivity (Wildman–Crippen MR) is 151 cm³/mol. The van der Waals surface area contributed by atoms with Crippen molar-refractivity contribution in [3.63, 3.8) is 0 Å². The van der Waals surface area contributed by atoms with Crippen molar-refractivity contribution < 1.29 is 46.2 Å². The summed E-state index contributed by atoms with van der Waals surface area (Å²) in [5, 5.41) is 16.5. The lowest BCUT2D eigenvalue weighted by atomic mass is 9.98. The van der Waals surface area contributed by atoms with E-state index in [0.29, 0.717) is 0 Å². The number of aromatic nitrogens is 4. The molecule has 1 aliphatic heterocycles. The topological polar surface area (TPSA) is 185 Å². The van der Waals surface area contributed by atoms with Gasteiger partial charge in [0.05, 0.1) is 19.5 Å². The molecule has 3 aromatic rings. The van der Waals surface area contributed by atoms with Gasteiger partial charge < -0.3 is 30.2 Å². The number of halogens is 4. The number of benzene rings is 1. The van der Waals surface area contributed by atoms with Crippen LogP contribution in [0.2, 0.25) is 0 Å². The summed E-state index contributed by atoms with van der Waals surface area (Å²) in [5.41, 5.74) is 5.83. The highest BCUT2D eigenvalue weighted by molar-refractivity contribution is 7.52. The first kappa shape index (κ1) is 32.2. The fourth-order valence-corrected chi connectivity index (χ4v) is 6.33. The van der Waals surface area contributed by atoms with Gasteiger partial charge in [0.25, 0.3) is 0 Å². The number of carbonyl (C=O) groups is 1. The average Bonchev–Trinajstić information content (AvgIpc) is 3.61. The highest BCUT2D eigenvalue weighted by Crippen LogP contribution is 2.55. The smallest absolute Gasteiger partial charge is 0.459 e. The second-order valence-corrected chi connectivity index (χ2v) is 12.5. The van der Waals surface area contributed by atoms with Crippen LogP contribution < -0.4 is 20.7 Å². The zero-order valence-corrected chi connectivity index (χ0v) is 25.1. The number of nitrogen functional groups attached to an aromatic ring is 1. The molecule has 1 saturated carbocycles. The Morgan fingerprint density at radius 2 is 2.02 bits per heavy atom. The van der Waals surface area contributed by atoms with Crippen LogP contribution in [0.5, 0.6) is 5.75 Å². The number of para-hydroxylation sites is 1. The first-order chi connectivity index (χ1) is 20.8. The zero-order chi connectivity index (χ0) is 31.9. The van der Waals surface area contributed by atoms with E-state index in [1.165, 1.54) is 19.1 Å². The Hall–Kier alpha value is -3.21. The molecule has 0 bridgehead atoms. The van der Waals surface area contributed by atoms with Crippen LogP contribution in [0.4, 0.5) is 24.9 Å². The second kappa shape index (κ2) is 12.3. The number of nitrogens with one attached hydrogen (secondary N) is 2. The third-order valence-electron chi connectivity index (χ3n) is 6.86. The van der Waals surface area contributed by atoms with Gasteiger partial charge in [-0.15, -0.1) is 11.6 Å². The number of nitrogens with two attached hydrogens (primary N) is 1. The van der Waals surface area contributed by atoms with E-state index in [-0.39, 0.29) is 41.3 Å². The summed E-state index contributed by atoms with van der Waals surface area (Å²) >= 11 is 6.19. The van der Waals surface area contributed by atoms with E-state index < -0.39 is 55.9 Å². The van der Waals surface area contributed by atoms with Crippen molar-refractivity contribution in [2.75, 3.05) is 24.3 Å². The number of carbonyl (C=O) groups excluding carboxylic acids is 1. The van der Waals surface area contributed by atoms with Crippen LogP contribution in [-0.2, 0) is 23.4 Å². The van der Waals surface area contributed by atoms with Crippen LogP contribution in [0.1, 0.15) is 32.9 Å². The molecule has 5 N–H and O–H groups in total. The lowest BCUT2D eigenvalue weighted by Gasteiger charge is -2.32. The third-order valence-corrected chi connectivity index (χ3v) is 9.13. The molecule has 2 fully saturated rings. The molecule has 1 aromatic carbocycles. The molecule has 19 heteroatoms. The molecule has 3 heterocycles. The average molecular weight is 664 g/mol. The standard InChI is InChI=1S/C25H30ClF3N7O7P/c1-3-40-21(38)13(2)35-44(39,43-15-7-5-4-6-8-15)41-11-16-18(37)24(26,25(27,28)29)22(42-16)36-12-31-17-19(32-14-9-10-14)33-23(30)34-20(17)36/h4-8,12-14,16,18,22,37H,3,9-11H2,1-2H3,(H,35,39)(H3,30,32,33,34)/t13-,16?,18+,22+,24+,44-/m0/s1. The number of ether oxygens (including phenoxy) is 2. The number of alkyl halides is 4. The molecule has 44 heavy (non-hydrogen) atoms. The first-order valence-electron chi connectivity index (χ1n) is 13.5. The molecular weight excluding hydrogens is 634 g/mol. The van der Waals surface area contributed by atoms with Crippen molar-refractivity contribution >= 4 is 48.2 Å². The largest absolute Gasteiger partial charge is 0.465 e. The molecule has 1 unspecified atom stereocenters. The maximum atomic E-state index is 14.6. The number of esters is 1. The van der Waals surface area contributed by atoms with Crippen LogP contribution in [0, 0.1) is 0 Å². The van der Waals surface area contributed by atoms with Crippen LogP contribution >= 0.6 is 19.3 Å². The van der Waals surface area contributed by atoms with Crippen molar-refractivity contribution in [1.82, 2.24) is 24.6 Å². The van der Waals surface area contributed by atoms with E-state index in [9.17, 15) is 27.6 Å². The van der Waals surface area contributed by atoms with Crippen molar-refractivity contribution in [1.29, 1.82) is 0 Å². The Balaban J connectivity index is 1.44. The summed E-state index contributed by atoms with van der Waals surface area (Å²) in [7, 11) is -4.51. The fourth-order valence-electron chi connectivity index (χ4n) is 4.53. The fraction of sp³-hybridized carbons (Fsp3) is 0.520. The molecule has 0 spiro atoms. The summed E-state index contributed by atoms with van der Waals surface area (Å²) in [6, 6.07) is 6.60. The quantitative estimate of drug-likeness (QED) is 0.125. The van der Waals surface area contributed by atoms with E-state index in [2.05, 4.69) is 25.4 Å². The van der Waals surface area contributed by atoms with E-state index in [4.69, 9.17) is 35.9 Å². The minimum Gasteiger partial charge on any atom is -0.465 e. The van der Waals surface area contributed by atoms with E-state index in [0.717, 1.165) is 23.7 Å². The van der Waals surface area contributed by atoms with Crippen LogP contribution in [0.25, 0.3) is 11.2 Å². The van der Waals surface area contributed by atoms with Gasteiger partial charge in [0.1, 0.15) is 24.0 Å². The number of anilines is 2. The number of hydrogen-bond donors (Lipinski definition) is 4. The minimum atomic E-state index is -5.24. The van der Waals surface area contributed by atoms with Gasteiger partial charge in [-0.05, 0) is 38.8 Å². The van der Waals surface area contributed by atoms with Crippen LogP contribution in [0.3, 0.4) is 0 Å². The Labute approximate surface area is 254 Å². The Bertz CT molecular complexity index is 1550. The summed E-state index contributed by atoms with van der Waals surface area (Å²) < 4.78 is 80.0. The molecule has 0 amide bonds. The van der Waals surface area contributed by atoms with E-state index in [1.807, 2.05) is 0 Å². The zero-order valence-electron chi connectivity index (χ0n) is 23.4. The molecule has 240 valence electrons. The molecule has 6 atom stereocenters. The highest BCUT2D eigenvalue weighted by Gasteiger charge is 2.71. The summed E-state index contributed by atoms with van der Waals surface area (Å²) in [4.78, 5) is 21.1. The van der Waals surface area contributed by atoms with Gasteiger partial charge in [0.2, 0.25) is 10.8 Å². The maximum Gasteiger partial charge on any atom is 0.459 e. The molecule has 2 aliphatic rings. The third kappa shape index (κ3) is 6.43. The maximum absolute atomic E-state index is 14.6. The SMILES string of the molecule is CCOC(=O)[C@H](C)N[P@](=O)(OCC1O[C@@H](n2cnc3c(NC4CC4)nc(N)nc32)[C@@](Cl)(C(F)(F)F)[C@@H]1O)Oc1ccccc1. The molecule has 0 radical (unpaired) electrons. The lowest BCUT2D eigenvalue weighted by Crippen LogP contribution is -2.53. The molecule has 1 aliphatic carbocycles. The second-order valence-electron chi connectivity index (χ2n) is 10.2. The summed E-state index contributed by atoms with van der Waals surface area (Å²) in [5.74, 6) is -0.746. The van der Waals surface area contributed by atoms with Gasteiger partial charge in [-0.3, -0.25) is 13.9 Å². The lowest BCUT2D eigenvalue weighted by molar-refractivity contribution is -0.195. The van der Waals surface area contributed by atoms with E-state index >= 15 is 0 Å². The van der Waals surface area contributed by atoms with Gasteiger partial charge in [-0.1, -0.05) is 18.2 Å². The van der Waals surface area contributed by atoms with Gasteiger partial charge in [-0.2, -0.15) is 28.2 Å². The Morgan fingerprint density at radius 1 is 1.32 bits per heavy atom. The van der Waals surface area contributed by atoms with Crippen molar-refractivity contribution in [2.24, 2.45) is 0 Å². The predicted octanol–water partition coefficient (Wildman–Crippen LogP) is 3.53. The number of hydrogen-bond acceptors (Lipinski definition) is 12. The molecular formula is C25H30ClF3N7O7P. The van der Waals surface area contributed by atoms with E-state index in [1.54, 1.807) is 25.1 Å². The van der Waals surface area contributed by atoms with Crippen molar-refractivity contribution in [3.8, 4) is 5.75 Å². The van der Waals surface area contributed by atoms with Crippen LogP contribution in [-0.4, -0.2) is 79.2 Å². The molecule has 14 nitrogen and oxygen atoms in total. The van der Waals surface area contributed by atoms with Gasteiger partial charge in [0, 0.05) is 6.04 Å². The number of aliphatic hydroxyl groups is 1.